The summed E-state index contributed by atoms with van der Waals surface area (Å²) in [7, 11) is 5.23. The molecule has 2 rings (SSSR count). The molecule has 28 heavy (non-hydrogen) atoms. The molecule has 0 aliphatic heterocycles. The van der Waals surface area contributed by atoms with Crippen molar-refractivity contribution in [3.63, 3.8) is 0 Å². The van der Waals surface area contributed by atoms with Gasteiger partial charge in [0.2, 0.25) is 0 Å². The van der Waals surface area contributed by atoms with Crippen molar-refractivity contribution < 1.29 is 9.53 Å². The Morgan fingerprint density at radius 2 is 1.93 bits per heavy atom. The van der Waals surface area contributed by atoms with Gasteiger partial charge in [0.15, 0.2) is 5.96 Å². The lowest BCUT2D eigenvalue weighted by Crippen LogP contribution is -2.41. The number of rotatable bonds is 7. The maximum absolute atomic E-state index is 12.2. The van der Waals surface area contributed by atoms with Crippen LogP contribution in [0.1, 0.15) is 27.3 Å². The van der Waals surface area contributed by atoms with Gasteiger partial charge in [-0.15, -0.1) is 24.0 Å². The van der Waals surface area contributed by atoms with Crippen molar-refractivity contribution in [1.82, 2.24) is 25.7 Å². The molecule has 0 saturated carbocycles. The monoisotopic (exact) mass is 500 g/mol. The van der Waals surface area contributed by atoms with Gasteiger partial charge in [0, 0.05) is 50.6 Å². The van der Waals surface area contributed by atoms with E-state index < -0.39 is 0 Å². The van der Waals surface area contributed by atoms with Crippen LogP contribution in [0.25, 0.3) is 0 Å². The Morgan fingerprint density at radius 3 is 2.54 bits per heavy atom. The molecule has 0 unspecified atom stereocenters. The van der Waals surface area contributed by atoms with Gasteiger partial charge in [-0.1, -0.05) is 6.07 Å². The van der Waals surface area contributed by atoms with Gasteiger partial charge in [0.05, 0.1) is 12.8 Å². The summed E-state index contributed by atoms with van der Waals surface area (Å²) in [6.45, 7) is 5.71. The van der Waals surface area contributed by atoms with E-state index in [9.17, 15) is 4.79 Å². The minimum absolute atomic E-state index is 0. The SMILES string of the molecule is CN=C(NCCNC(=O)c1cccc(OC)c1)NCc1c(C)nn(C)c1C.I. The molecule has 0 spiro atoms. The summed E-state index contributed by atoms with van der Waals surface area (Å²) in [6.07, 6.45) is 0. The predicted octanol–water partition coefficient (Wildman–Crippen LogP) is 1.76. The molecule has 3 N–H and O–H groups in total. The number of hydrogen-bond donors (Lipinski definition) is 3. The van der Waals surface area contributed by atoms with Crippen molar-refractivity contribution in [3.05, 3.63) is 46.8 Å². The lowest BCUT2D eigenvalue weighted by molar-refractivity contribution is 0.0954. The molecule has 8 nitrogen and oxygen atoms in total. The zero-order valence-corrected chi connectivity index (χ0v) is 19.3. The molecule has 0 saturated heterocycles. The Bertz CT molecular complexity index is 819. The molecule has 1 amide bonds. The fourth-order valence-corrected chi connectivity index (χ4v) is 2.69. The van der Waals surface area contributed by atoms with Crippen LogP contribution in [-0.4, -0.2) is 48.9 Å². The van der Waals surface area contributed by atoms with E-state index in [1.807, 2.05) is 25.6 Å². The highest BCUT2D eigenvalue weighted by Crippen LogP contribution is 2.12. The highest BCUT2D eigenvalue weighted by molar-refractivity contribution is 14.0. The number of aryl methyl sites for hydroxylation is 2. The third-order valence-electron chi connectivity index (χ3n) is 4.35. The number of methoxy groups -OCH3 is 1. The zero-order chi connectivity index (χ0) is 19.8. The quantitative estimate of drug-likeness (QED) is 0.233. The van der Waals surface area contributed by atoms with Crippen LogP contribution < -0.4 is 20.7 Å². The molecule has 0 atom stereocenters. The first kappa shape index (κ1) is 23.7. The Morgan fingerprint density at radius 1 is 1.21 bits per heavy atom. The number of nitrogens with zero attached hydrogens (tertiary/aromatic N) is 3. The largest absolute Gasteiger partial charge is 0.497 e. The molecule has 1 heterocycles. The van der Waals surface area contributed by atoms with E-state index in [2.05, 4.69) is 26.0 Å². The van der Waals surface area contributed by atoms with Crippen LogP contribution in [-0.2, 0) is 13.6 Å². The fraction of sp³-hybridized carbons (Fsp3) is 0.421. The summed E-state index contributed by atoms with van der Waals surface area (Å²) in [4.78, 5) is 16.4. The number of hydrogen-bond acceptors (Lipinski definition) is 4. The third-order valence-corrected chi connectivity index (χ3v) is 4.35. The second kappa shape index (κ2) is 11.5. The van der Waals surface area contributed by atoms with Crippen LogP contribution in [0.4, 0.5) is 0 Å². The number of amides is 1. The number of nitrogens with one attached hydrogen (secondary N) is 3. The maximum atomic E-state index is 12.2. The smallest absolute Gasteiger partial charge is 0.251 e. The summed E-state index contributed by atoms with van der Waals surface area (Å²) < 4.78 is 7.01. The molecule has 9 heteroatoms. The first-order chi connectivity index (χ1) is 13.0. The minimum atomic E-state index is -0.139. The average molecular weight is 500 g/mol. The summed E-state index contributed by atoms with van der Waals surface area (Å²) in [5.41, 5.74) is 3.86. The number of halogens is 1. The van der Waals surface area contributed by atoms with Gasteiger partial charge in [-0.05, 0) is 32.0 Å². The van der Waals surface area contributed by atoms with Crippen molar-refractivity contribution in [2.24, 2.45) is 12.0 Å². The fourth-order valence-electron chi connectivity index (χ4n) is 2.69. The highest BCUT2D eigenvalue weighted by Gasteiger charge is 2.10. The number of carbonyl (C=O) groups is 1. The molecule has 0 radical (unpaired) electrons. The molecule has 0 aliphatic rings. The number of benzene rings is 1. The van der Waals surface area contributed by atoms with Crippen LogP contribution in [0, 0.1) is 13.8 Å². The second-order valence-corrected chi connectivity index (χ2v) is 6.11. The van der Waals surface area contributed by atoms with E-state index in [4.69, 9.17) is 4.74 Å². The highest BCUT2D eigenvalue weighted by atomic mass is 127. The Labute approximate surface area is 183 Å². The van der Waals surface area contributed by atoms with Crippen molar-refractivity contribution in [1.29, 1.82) is 0 Å². The van der Waals surface area contributed by atoms with Gasteiger partial charge in [-0.2, -0.15) is 5.10 Å². The summed E-state index contributed by atoms with van der Waals surface area (Å²) in [5.74, 6) is 1.19. The summed E-state index contributed by atoms with van der Waals surface area (Å²) in [5, 5.41) is 13.7. The molecule has 0 fully saturated rings. The van der Waals surface area contributed by atoms with Gasteiger partial charge in [-0.3, -0.25) is 14.5 Å². The first-order valence-corrected chi connectivity index (χ1v) is 8.82. The maximum Gasteiger partial charge on any atom is 0.251 e. The lowest BCUT2D eigenvalue weighted by Gasteiger charge is -2.13. The van der Waals surface area contributed by atoms with Crippen molar-refractivity contribution in [2.45, 2.75) is 20.4 Å². The Kier molecular flexibility index (Phi) is 9.77. The van der Waals surface area contributed by atoms with Crippen molar-refractivity contribution >= 4 is 35.8 Å². The van der Waals surface area contributed by atoms with Crippen molar-refractivity contribution in [2.75, 3.05) is 27.2 Å². The Hall–Kier alpha value is -2.30. The topological polar surface area (TPSA) is 92.6 Å². The molecular weight excluding hydrogens is 471 g/mol. The summed E-state index contributed by atoms with van der Waals surface area (Å²) >= 11 is 0. The number of aliphatic imine (C=N–C) groups is 1. The van der Waals surface area contributed by atoms with Crippen LogP contribution in [0.3, 0.4) is 0 Å². The van der Waals surface area contributed by atoms with Gasteiger partial charge >= 0.3 is 0 Å². The molecule has 1 aromatic carbocycles. The molecule has 0 aliphatic carbocycles. The van der Waals surface area contributed by atoms with Crippen LogP contribution >= 0.6 is 24.0 Å². The molecule has 1 aromatic heterocycles. The number of guanidine groups is 1. The standard InChI is InChI=1S/C19H28N6O2.HI/c1-13-17(14(2)25(4)24-13)12-23-19(20-3)22-10-9-21-18(26)15-7-6-8-16(11-15)27-5;/h6-8,11H,9-10,12H2,1-5H3,(H,21,26)(H2,20,22,23);1H. The van der Waals surface area contributed by atoms with Gasteiger partial charge in [0.1, 0.15) is 5.75 Å². The molecule has 0 bridgehead atoms. The lowest BCUT2D eigenvalue weighted by atomic mass is 10.2. The van der Waals surface area contributed by atoms with E-state index in [1.165, 1.54) is 0 Å². The van der Waals surface area contributed by atoms with Gasteiger partial charge in [-0.25, -0.2) is 0 Å². The van der Waals surface area contributed by atoms with Crippen molar-refractivity contribution in [3.8, 4) is 5.75 Å². The summed E-state index contributed by atoms with van der Waals surface area (Å²) in [6, 6.07) is 7.06. The number of ether oxygens (including phenoxy) is 1. The van der Waals surface area contributed by atoms with Crippen LogP contribution in [0.5, 0.6) is 5.75 Å². The van der Waals surface area contributed by atoms with Gasteiger partial charge in [0.25, 0.3) is 5.91 Å². The number of aromatic nitrogens is 2. The first-order valence-electron chi connectivity index (χ1n) is 8.82. The predicted molar refractivity (Wildman–Crippen MR) is 122 cm³/mol. The van der Waals surface area contributed by atoms with Gasteiger partial charge < -0.3 is 20.7 Å². The van der Waals surface area contributed by atoms with Crippen LogP contribution in [0.15, 0.2) is 29.3 Å². The van der Waals surface area contributed by atoms with Crippen LogP contribution in [0.2, 0.25) is 0 Å². The second-order valence-electron chi connectivity index (χ2n) is 6.11. The number of carbonyl (C=O) groups excluding carboxylic acids is 1. The van der Waals surface area contributed by atoms with E-state index in [1.54, 1.807) is 38.4 Å². The molecule has 2 aromatic rings. The molecular formula is C19H29IN6O2. The molecule has 154 valence electrons. The zero-order valence-electron chi connectivity index (χ0n) is 17.0. The van der Waals surface area contributed by atoms with E-state index in [0.717, 1.165) is 17.0 Å². The Balaban J connectivity index is 0.00000392. The minimum Gasteiger partial charge on any atom is -0.497 e. The van der Waals surface area contributed by atoms with E-state index in [0.29, 0.717) is 36.9 Å². The van der Waals surface area contributed by atoms with E-state index >= 15 is 0 Å². The average Bonchev–Trinajstić information content (AvgIpc) is 2.92. The van der Waals surface area contributed by atoms with E-state index in [-0.39, 0.29) is 29.9 Å². The third kappa shape index (κ3) is 6.39. The normalized spacial score (nSPS) is 10.8.